The predicted octanol–water partition coefficient (Wildman–Crippen LogP) is 8.05. The van der Waals surface area contributed by atoms with Gasteiger partial charge in [-0.2, -0.15) is 0 Å². The molecule has 0 aliphatic rings. The molecular formula is C23H23Cl4NO4. The van der Waals surface area contributed by atoms with Gasteiger partial charge in [-0.25, -0.2) is 0 Å². The van der Waals surface area contributed by atoms with Crippen molar-refractivity contribution in [2.24, 2.45) is 5.16 Å². The van der Waals surface area contributed by atoms with Gasteiger partial charge in [0, 0.05) is 0 Å². The van der Waals surface area contributed by atoms with E-state index in [1.807, 2.05) is 50.2 Å². The Bertz CT molecular complexity index is 920. The number of oxime groups is 1. The van der Waals surface area contributed by atoms with Crippen molar-refractivity contribution in [3.8, 4) is 23.0 Å². The topological polar surface area (TPSA) is 49.3 Å². The van der Waals surface area contributed by atoms with Gasteiger partial charge >= 0.3 is 0 Å². The Kier molecular flexibility index (Phi) is 11.6. The van der Waals surface area contributed by atoms with Gasteiger partial charge in [-0.1, -0.05) is 58.5 Å². The van der Waals surface area contributed by atoms with Gasteiger partial charge in [0.1, 0.15) is 51.3 Å². The molecule has 0 saturated heterocycles. The van der Waals surface area contributed by atoms with Crippen molar-refractivity contribution in [2.45, 2.75) is 26.4 Å². The first-order valence-electron chi connectivity index (χ1n) is 9.75. The van der Waals surface area contributed by atoms with E-state index in [0.29, 0.717) is 29.4 Å². The van der Waals surface area contributed by atoms with Crippen molar-refractivity contribution in [3.63, 3.8) is 0 Å². The summed E-state index contributed by atoms with van der Waals surface area (Å²) in [5, 5.41) is 4.10. The van der Waals surface area contributed by atoms with Crippen LogP contribution in [0.4, 0.5) is 0 Å². The average Bonchev–Trinajstić information content (AvgIpc) is 2.76. The van der Waals surface area contributed by atoms with Crippen molar-refractivity contribution in [3.05, 3.63) is 69.7 Å². The van der Waals surface area contributed by atoms with Crippen LogP contribution in [0.1, 0.15) is 20.3 Å². The minimum Gasteiger partial charge on any atom is -0.489 e. The number of rotatable bonds is 12. The molecule has 0 bridgehead atoms. The van der Waals surface area contributed by atoms with E-state index in [1.54, 1.807) is 18.2 Å². The second kappa shape index (κ2) is 14.2. The molecule has 1 unspecified atom stereocenters. The zero-order chi connectivity index (χ0) is 23.3. The van der Waals surface area contributed by atoms with Gasteiger partial charge in [-0.3, -0.25) is 0 Å². The molecule has 0 N–H and O–H groups in total. The van der Waals surface area contributed by atoms with Crippen LogP contribution in [0.3, 0.4) is 0 Å². The van der Waals surface area contributed by atoms with Crippen LogP contribution in [0.2, 0.25) is 0 Å². The fraction of sp³-hybridized carbons (Fsp3) is 0.261. The Hall–Kier alpha value is -2.05. The molecule has 2 aromatic rings. The number of hydrogen-bond donors (Lipinski definition) is 0. The van der Waals surface area contributed by atoms with Crippen LogP contribution in [0, 0.1) is 0 Å². The van der Waals surface area contributed by atoms with Gasteiger partial charge in [0.2, 0.25) is 0 Å². The third-order valence-electron chi connectivity index (χ3n) is 4.01. The van der Waals surface area contributed by atoms with E-state index in [-0.39, 0.29) is 28.3 Å². The van der Waals surface area contributed by atoms with Gasteiger partial charge in [-0.15, -0.1) is 0 Å². The smallest absolute Gasteiger partial charge is 0.138 e. The standard InChI is InChI=1S/C23H23Cl4NO4/c1-3-21(28-30-15-13-23(26)27)16(2)31-18-8-10-20(11-9-18)32-19-6-4-17(5-7-19)29-14-12-22(24)25/h4-13,16H,3,14-15H2,1-2H3. The quantitative estimate of drug-likeness (QED) is 0.162. The first-order chi connectivity index (χ1) is 15.4. The monoisotopic (exact) mass is 517 g/mol. The normalized spacial score (nSPS) is 11.9. The lowest BCUT2D eigenvalue weighted by atomic mass is 10.2. The largest absolute Gasteiger partial charge is 0.489 e. The zero-order valence-corrected chi connectivity index (χ0v) is 20.6. The molecule has 5 nitrogen and oxygen atoms in total. The second-order valence-corrected chi connectivity index (χ2v) is 8.35. The van der Waals surface area contributed by atoms with Gasteiger partial charge in [0.15, 0.2) is 0 Å². The fourth-order valence-electron chi connectivity index (χ4n) is 2.45. The van der Waals surface area contributed by atoms with Crippen LogP contribution < -0.4 is 14.2 Å². The predicted molar refractivity (Wildman–Crippen MR) is 132 cm³/mol. The Morgan fingerprint density at radius 3 is 1.84 bits per heavy atom. The van der Waals surface area contributed by atoms with E-state index in [2.05, 4.69) is 5.16 Å². The summed E-state index contributed by atoms with van der Waals surface area (Å²) in [6.07, 6.45) is 3.49. The van der Waals surface area contributed by atoms with Crippen molar-refractivity contribution in [1.29, 1.82) is 0 Å². The summed E-state index contributed by atoms with van der Waals surface area (Å²) >= 11 is 22.2. The second-order valence-electron chi connectivity index (χ2n) is 6.34. The molecule has 0 aliphatic carbocycles. The first kappa shape index (κ1) is 26.2. The van der Waals surface area contributed by atoms with Crippen molar-refractivity contribution in [1.82, 2.24) is 0 Å². The number of benzene rings is 2. The number of ether oxygens (including phenoxy) is 3. The summed E-state index contributed by atoms with van der Waals surface area (Å²) in [5.41, 5.74) is 0.760. The van der Waals surface area contributed by atoms with Crippen LogP contribution in [0.5, 0.6) is 23.0 Å². The third kappa shape index (κ3) is 10.0. The van der Waals surface area contributed by atoms with Gasteiger partial charge in [-0.05, 0) is 74.0 Å². The van der Waals surface area contributed by atoms with Crippen molar-refractivity contribution >= 4 is 52.1 Å². The molecule has 32 heavy (non-hydrogen) atoms. The number of hydrogen-bond acceptors (Lipinski definition) is 5. The third-order valence-corrected chi connectivity index (χ3v) is 4.63. The molecule has 0 amide bonds. The molecule has 0 saturated carbocycles. The van der Waals surface area contributed by atoms with Crippen molar-refractivity contribution < 1.29 is 19.0 Å². The first-order valence-corrected chi connectivity index (χ1v) is 11.3. The van der Waals surface area contributed by atoms with Gasteiger partial charge < -0.3 is 19.0 Å². The summed E-state index contributed by atoms with van der Waals surface area (Å²) in [7, 11) is 0. The minimum atomic E-state index is -0.265. The van der Waals surface area contributed by atoms with Crippen LogP contribution >= 0.6 is 46.4 Å². The van der Waals surface area contributed by atoms with E-state index in [4.69, 9.17) is 65.5 Å². The van der Waals surface area contributed by atoms with E-state index < -0.39 is 0 Å². The molecule has 1 atom stereocenters. The fourth-order valence-corrected chi connectivity index (χ4v) is 2.70. The van der Waals surface area contributed by atoms with Gasteiger partial charge in [0.05, 0.1) is 5.71 Å². The molecule has 0 fully saturated rings. The maximum atomic E-state index is 5.95. The Morgan fingerprint density at radius 1 is 0.812 bits per heavy atom. The van der Waals surface area contributed by atoms with Crippen LogP contribution in [0.15, 0.2) is 74.8 Å². The summed E-state index contributed by atoms with van der Waals surface area (Å²) < 4.78 is 17.6. The maximum Gasteiger partial charge on any atom is 0.138 e. The van der Waals surface area contributed by atoms with E-state index in [9.17, 15) is 0 Å². The lowest BCUT2D eigenvalue weighted by Gasteiger charge is -2.16. The summed E-state index contributed by atoms with van der Waals surface area (Å²) in [6.45, 7) is 4.36. The highest BCUT2D eigenvalue weighted by atomic mass is 35.5. The molecule has 2 rings (SSSR count). The van der Waals surface area contributed by atoms with Crippen LogP contribution in [0.25, 0.3) is 0 Å². The molecule has 0 aliphatic heterocycles. The summed E-state index contributed by atoms with van der Waals surface area (Å²) in [6, 6.07) is 14.5. The zero-order valence-electron chi connectivity index (χ0n) is 17.6. The molecule has 2 aromatic carbocycles. The van der Waals surface area contributed by atoms with E-state index in [1.165, 1.54) is 6.08 Å². The summed E-state index contributed by atoms with van der Waals surface area (Å²) in [5.74, 6) is 2.71. The molecule has 0 aromatic heterocycles. The maximum absolute atomic E-state index is 5.95. The lowest BCUT2D eigenvalue weighted by Crippen LogP contribution is -2.23. The molecule has 0 radical (unpaired) electrons. The highest BCUT2D eigenvalue weighted by molar-refractivity contribution is 6.56. The van der Waals surface area contributed by atoms with E-state index in [0.717, 1.165) is 5.71 Å². The van der Waals surface area contributed by atoms with Gasteiger partial charge in [0.25, 0.3) is 0 Å². The molecule has 0 spiro atoms. The molecule has 0 heterocycles. The highest BCUT2D eigenvalue weighted by Crippen LogP contribution is 2.26. The SMILES string of the molecule is CCC(=NOCC=C(Cl)Cl)C(C)Oc1ccc(Oc2ccc(OCC=C(Cl)Cl)cc2)cc1. The highest BCUT2D eigenvalue weighted by Gasteiger charge is 2.12. The Morgan fingerprint density at radius 2 is 1.31 bits per heavy atom. The minimum absolute atomic E-state index is 0.138. The van der Waals surface area contributed by atoms with Crippen molar-refractivity contribution in [2.75, 3.05) is 13.2 Å². The number of halogens is 4. The Balaban J connectivity index is 1.88. The van der Waals surface area contributed by atoms with E-state index >= 15 is 0 Å². The Labute approximate surface area is 208 Å². The molecule has 9 heteroatoms. The summed E-state index contributed by atoms with van der Waals surface area (Å²) in [4.78, 5) is 5.20. The lowest BCUT2D eigenvalue weighted by molar-refractivity contribution is 0.167. The van der Waals surface area contributed by atoms with Crippen LogP contribution in [-0.4, -0.2) is 25.0 Å². The molecular weight excluding hydrogens is 496 g/mol. The molecule has 172 valence electrons. The van der Waals surface area contributed by atoms with Crippen LogP contribution in [-0.2, 0) is 4.84 Å². The number of nitrogens with zero attached hydrogens (tertiary/aromatic N) is 1. The average molecular weight is 519 g/mol.